The third-order valence-electron chi connectivity index (χ3n) is 4.31. The molecule has 0 atom stereocenters. The molecule has 0 spiro atoms. The third kappa shape index (κ3) is 4.07. The molecule has 2 aliphatic rings. The van der Waals surface area contributed by atoms with Gasteiger partial charge in [0.25, 0.3) is 11.1 Å². The summed E-state index contributed by atoms with van der Waals surface area (Å²) in [5.41, 5.74) is 1.06. The minimum atomic E-state index is -0.559. The molecule has 4 rings (SSSR count). The summed E-state index contributed by atoms with van der Waals surface area (Å²) >= 11 is 6.57. The van der Waals surface area contributed by atoms with Crippen LogP contribution in [0.4, 0.5) is 10.5 Å². The summed E-state index contributed by atoms with van der Waals surface area (Å²) in [6, 6.07) is 9.82. The molecule has 0 radical (unpaired) electrons. The predicted molar refractivity (Wildman–Crippen MR) is 112 cm³/mol. The number of nitrogens with zero attached hydrogens (tertiary/aromatic N) is 1. The molecule has 2 aromatic carbocycles. The number of anilines is 1. The molecule has 0 unspecified atom stereocenters. The lowest BCUT2D eigenvalue weighted by atomic mass is 10.1. The molecule has 10 heteroatoms. The largest absolute Gasteiger partial charge is 0.496 e. The van der Waals surface area contributed by atoms with Crippen molar-refractivity contribution in [1.29, 1.82) is 0 Å². The van der Waals surface area contributed by atoms with Crippen molar-refractivity contribution in [3.05, 3.63) is 51.9 Å². The van der Waals surface area contributed by atoms with Gasteiger partial charge >= 0.3 is 0 Å². The van der Waals surface area contributed by atoms with Gasteiger partial charge in [-0.15, -0.1) is 0 Å². The van der Waals surface area contributed by atoms with Gasteiger partial charge in [0.2, 0.25) is 12.7 Å². The van der Waals surface area contributed by atoms with E-state index in [2.05, 4.69) is 5.32 Å². The first-order chi connectivity index (χ1) is 14.4. The molecule has 0 aliphatic carbocycles. The van der Waals surface area contributed by atoms with E-state index in [9.17, 15) is 14.4 Å². The third-order valence-corrected chi connectivity index (χ3v) is 5.47. The highest BCUT2D eigenvalue weighted by Gasteiger charge is 2.36. The molecule has 0 saturated carbocycles. The summed E-state index contributed by atoms with van der Waals surface area (Å²) in [6.07, 6.45) is 1.53. The van der Waals surface area contributed by atoms with Crippen molar-refractivity contribution in [2.45, 2.75) is 0 Å². The zero-order chi connectivity index (χ0) is 21.3. The number of imide groups is 1. The Morgan fingerprint density at radius 2 is 1.93 bits per heavy atom. The maximum Gasteiger partial charge on any atom is 0.294 e. The zero-order valence-electron chi connectivity index (χ0n) is 15.6. The number of methoxy groups -OCH3 is 1. The number of hydrogen-bond donors (Lipinski definition) is 1. The maximum atomic E-state index is 12.7. The summed E-state index contributed by atoms with van der Waals surface area (Å²) in [6.45, 7) is -0.301. The Kier molecular flexibility index (Phi) is 5.56. The van der Waals surface area contributed by atoms with Crippen LogP contribution in [0.25, 0.3) is 6.08 Å². The minimum Gasteiger partial charge on any atom is -0.496 e. The first-order valence-corrected chi connectivity index (χ1v) is 9.92. The Hall–Kier alpha value is -3.17. The van der Waals surface area contributed by atoms with E-state index in [0.717, 1.165) is 16.7 Å². The number of thioether (sulfide) groups is 1. The van der Waals surface area contributed by atoms with Gasteiger partial charge in [-0.3, -0.25) is 19.3 Å². The molecule has 0 aromatic heterocycles. The summed E-state index contributed by atoms with van der Waals surface area (Å²) in [4.78, 5) is 38.4. The van der Waals surface area contributed by atoms with Crippen LogP contribution in [0.3, 0.4) is 0 Å². The molecule has 30 heavy (non-hydrogen) atoms. The highest BCUT2D eigenvalue weighted by molar-refractivity contribution is 8.18. The number of carbonyl (C=O) groups is 3. The number of fused-ring (bicyclic) bond motifs is 1. The van der Waals surface area contributed by atoms with Crippen LogP contribution in [-0.2, 0) is 9.59 Å². The Morgan fingerprint density at radius 3 is 2.63 bits per heavy atom. The van der Waals surface area contributed by atoms with Crippen molar-refractivity contribution < 1.29 is 28.6 Å². The van der Waals surface area contributed by atoms with Crippen molar-refractivity contribution >= 4 is 52.2 Å². The van der Waals surface area contributed by atoms with Crippen molar-refractivity contribution in [1.82, 2.24) is 4.90 Å². The van der Waals surface area contributed by atoms with Gasteiger partial charge in [0.1, 0.15) is 12.3 Å². The fourth-order valence-electron chi connectivity index (χ4n) is 2.88. The van der Waals surface area contributed by atoms with E-state index in [4.69, 9.17) is 25.8 Å². The lowest BCUT2D eigenvalue weighted by molar-refractivity contribution is -0.127. The molecular weight excluding hydrogens is 432 g/mol. The first-order valence-electron chi connectivity index (χ1n) is 8.73. The number of ether oxygens (including phenoxy) is 3. The Labute approximate surface area is 180 Å². The molecule has 1 saturated heterocycles. The van der Waals surface area contributed by atoms with E-state index < -0.39 is 23.6 Å². The minimum absolute atomic E-state index is 0.0984. The number of benzene rings is 2. The van der Waals surface area contributed by atoms with Crippen molar-refractivity contribution in [3.63, 3.8) is 0 Å². The molecular formula is C20H15ClN2O6S. The molecule has 8 nitrogen and oxygen atoms in total. The summed E-state index contributed by atoms with van der Waals surface area (Å²) < 4.78 is 16.0. The van der Waals surface area contributed by atoms with Gasteiger partial charge in [0, 0.05) is 22.3 Å². The van der Waals surface area contributed by atoms with Gasteiger partial charge in [-0.2, -0.15) is 0 Å². The number of halogens is 1. The molecule has 1 fully saturated rings. The van der Waals surface area contributed by atoms with Crippen LogP contribution >= 0.6 is 23.4 Å². The second kappa shape index (κ2) is 8.29. The van der Waals surface area contributed by atoms with E-state index >= 15 is 0 Å². The van der Waals surface area contributed by atoms with Crippen LogP contribution in [0.15, 0.2) is 41.3 Å². The molecule has 1 N–H and O–H groups in total. The quantitative estimate of drug-likeness (QED) is 0.699. The first kappa shape index (κ1) is 20.1. The Morgan fingerprint density at radius 1 is 1.23 bits per heavy atom. The SMILES string of the molecule is COc1cc2c(cc1/C=C1/SC(=O)N(CC(=O)Nc3ccc(Cl)cc3)C1=O)OCO2. The topological polar surface area (TPSA) is 94.2 Å². The van der Waals surface area contributed by atoms with Gasteiger partial charge in [0.05, 0.1) is 12.0 Å². The van der Waals surface area contributed by atoms with E-state index in [0.29, 0.717) is 33.5 Å². The van der Waals surface area contributed by atoms with Gasteiger partial charge in [0.15, 0.2) is 11.5 Å². The number of rotatable bonds is 5. The molecule has 3 amide bonds. The van der Waals surface area contributed by atoms with Crippen LogP contribution in [-0.4, -0.2) is 42.4 Å². The van der Waals surface area contributed by atoms with Crippen LogP contribution in [0, 0.1) is 0 Å². The fourth-order valence-corrected chi connectivity index (χ4v) is 3.84. The van der Waals surface area contributed by atoms with Crippen LogP contribution in [0.1, 0.15) is 5.56 Å². The standard InChI is InChI=1S/C20H15ClN2O6S/c1-27-14-8-16-15(28-10-29-16)6-11(14)7-17-19(25)23(20(26)30-17)9-18(24)22-13-4-2-12(21)3-5-13/h2-8H,9-10H2,1H3,(H,22,24)/b17-7+. The van der Waals surface area contributed by atoms with Gasteiger partial charge in [-0.25, -0.2) is 0 Å². The van der Waals surface area contributed by atoms with Crippen molar-refractivity contribution in [2.24, 2.45) is 0 Å². The summed E-state index contributed by atoms with van der Waals surface area (Å²) in [5, 5.41) is 2.63. The lowest BCUT2D eigenvalue weighted by Crippen LogP contribution is -2.36. The van der Waals surface area contributed by atoms with Gasteiger partial charge in [-0.1, -0.05) is 11.6 Å². The second-order valence-electron chi connectivity index (χ2n) is 6.27. The molecule has 2 heterocycles. The van der Waals surface area contributed by atoms with Crippen molar-refractivity contribution in [3.8, 4) is 17.2 Å². The van der Waals surface area contributed by atoms with Crippen LogP contribution in [0.5, 0.6) is 17.2 Å². The van der Waals surface area contributed by atoms with Gasteiger partial charge < -0.3 is 19.5 Å². The number of nitrogens with one attached hydrogen (secondary N) is 1. The predicted octanol–water partition coefficient (Wildman–Crippen LogP) is 3.75. The second-order valence-corrected chi connectivity index (χ2v) is 7.70. The van der Waals surface area contributed by atoms with Crippen LogP contribution in [0.2, 0.25) is 5.02 Å². The Balaban J connectivity index is 1.50. The molecule has 2 aromatic rings. The molecule has 2 aliphatic heterocycles. The van der Waals surface area contributed by atoms with E-state index in [-0.39, 0.29) is 11.7 Å². The number of hydrogen-bond acceptors (Lipinski definition) is 7. The van der Waals surface area contributed by atoms with E-state index in [1.54, 1.807) is 36.4 Å². The maximum absolute atomic E-state index is 12.7. The van der Waals surface area contributed by atoms with E-state index in [1.807, 2.05) is 0 Å². The summed E-state index contributed by atoms with van der Waals surface area (Å²) in [7, 11) is 1.49. The van der Waals surface area contributed by atoms with Gasteiger partial charge in [-0.05, 0) is 48.2 Å². The van der Waals surface area contributed by atoms with Crippen molar-refractivity contribution in [2.75, 3.05) is 25.8 Å². The highest BCUT2D eigenvalue weighted by atomic mass is 35.5. The monoisotopic (exact) mass is 446 g/mol. The number of carbonyl (C=O) groups excluding carboxylic acids is 3. The Bertz CT molecular complexity index is 1070. The average molecular weight is 447 g/mol. The lowest BCUT2D eigenvalue weighted by Gasteiger charge is -2.12. The average Bonchev–Trinajstić information content (AvgIpc) is 3.28. The number of amides is 3. The van der Waals surface area contributed by atoms with E-state index in [1.165, 1.54) is 13.2 Å². The smallest absolute Gasteiger partial charge is 0.294 e. The molecule has 0 bridgehead atoms. The molecule has 154 valence electrons. The summed E-state index contributed by atoms with van der Waals surface area (Å²) in [5.74, 6) is 0.462. The van der Waals surface area contributed by atoms with Crippen LogP contribution < -0.4 is 19.5 Å². The highest BCUT2D eigenvalue weighted by Crippen LogP contribution is 2.40. The normalized spacial score (nSPS) is 16.3. The fraction of sp³-hybridized carbons (Fsp3) is 0.150. The zero-order valence-corrected chi connectivity index (χ0v) is 17.2.